The highest BCUT2D eigenvalue weighted by Crippen LogP contribution is 2.18. The maximum Gasteiger partial charge on any atom is 0.199 e. The van der Waals surface area contributed by atoms with E-state index in [0.29, 0.717) is 11.4 Å². The summed E-state index contributed by atoms with van der Waals surface area (Å²) in [4.78, 5) is 0. The molecular formula is C17H17N3OS. The van der Waals surface area contributed by atoms with E-state index in [2.05, 4.69) is 22.3 Å². The van der Waals surface area contributed by atoms with E-state index in [1.165, 1.54) is 5.56 Å². The normalized spacial score (nSPS) is 10.6. The van der Waals surface area contributed by atoms with E-state index in [1.807, 2.05) is 54.0 Å². The summed E-state index contributed by atoms with van der Waals surface area (Å²) in [6.07, 6.45) is 0.723. The van der Waals surface area contributed by atoms with Crippen LogP contribution in [-0.2, 0) is 6.42 Å². The van der Waals surface area contributed by atoms with Gasteiger partial charge in [-0.3, -0.25) is 9.67 Å². The first-order valence-corrected chi connectivity index (χ1v) is 7.62. The van der Waals surface area contributed by atoms with E-state index in [9.17, 15) is 0 Å². The monoisotopic (exact) mass is 311 g/mol. The molecule has 112 valence electrons. The van der Waals surface area contributed by atoms with Crippen LogP contribution < -0.4 is 4.74 Å². The van der Waals surface area contributed by atoms with E-state index in [4.69, 9.17) is 17.0 Å². The maximum absolute atomic E-state index is 5.48. The summed E-state index contributed by atoms with van der Waals surface area (Å²) in [7, 11) is 0. The van der Waals surface area contributed by atoms with Gasteiger partial charge in [-0.1, -0.05) is 30.3 Å². The number of rotatable bonds is 5. The van der Waals surface area contributed by atoms with Crippen molar-refractivity contribution in [3.8, 4) is 11.4 Å². The number of hydrogen-bond donors (Lipinski definition) is 1. The van der Waals surface area contributed by atoms with E-state index < -0.39 is 0 Å². The Morgan fingerprint density at radius 3 is 2.50 bits per heavy atom. The fourth-order valence-corrected chi connectivity index (χ4v) is 2.61. The fourth-order valence-electron chi connectivity index (χ4n) is 2.35. The zero-order valence-electron chi connectivity index (χ0n) is 12.3. The van der Waals surface area contributed by atoms with Crippen molar-refractivity contribution < 1.29 is 4.74 Å². The quantitative estimate of drug-likeness (QED) is 0.726. The van der Waals surface area contributed by atoms with E-state index in [0.717, 1.165) is 23.7 Å². The van der Waals surface area contributed by atoms with Crippen LogP contribution in [0.5, 0.6) is 5.75 Å². The highest BCUT2D eigenvalue weighted by Gasteiger charge is 2.09. The third kappa shape index (κ3) is 3.09. The minimum Gasteiger partial charge on any atom is -0.494 e. The van der Waals surface area contributed by atoms with Crippen molar-refractivity contribution in [3.63, 3.8) is 0 Å². The highest BCUT2D eigenvalue weighted by atomic mass is 32.1. The van der Waals surface area contributed by atoms with Crippen molar-refractivity contribution in [3.05, 3.63) is 70.8 Å². The predicted molar refractivity (Wildman–Crippen MR) is 89.2 cm³/mol. The van der Waals surface area contributed by atoms with Gasteiger partial charge in [0, 0.05) is 12.1 Å². The van der Waals surface area contributed by atoms with Crippen molar-refractivity contribution in [1.29, 1.82) is 0 Å². The average molecular weight is 311 g/mol. The van der Waals surface area contributed by atoms with Gasteiger partial charge < -0.3 is 4.74 Å². The van der Waals surface area contributed by atoms with Crippen LogP contribution in [0.15, 0.2) is 54.6 Å². The number of H-pyrrole nitrogens is 1. The molecule has 0 atom stereocenters. The molecule has 1 aromatic heterocycles. The van der Waals surface area contributed by atoms with Gasteiger partial charge in [-0.05, 0) is 49.0 Å². The smallest absolute Gasteiger partial charge is 0.199 e. The van der Waals surface area contributed by atoms with Crippen LogP contribution in [0.3, 0.4) is 0 Å². The summed E-state index contributed by atoms with van der Waals surface area (Å²) in [5.74, 6) is 1.74. The van der Waals surface area contributed by atoms with Crippen molar-refractivity contribution in [1.82, 2.24) is 14.8 Å². The Kier molecular flexibility index (Phi) is 4.34. The fraction of sp³-hybridized carbons (Fsp3) is 0.176. The van der Waals surface area contributed by atoms with Crippen LogP contribution in [0.2, 0.25) is 0 Å². The predicted octanol–water partition coefficient (Wildman–Crippen LogP) is 3.92. The van der Waals surface area contributed by atoms with Crippen molar-refractivity contribution in [2.75, 3.05) is 6.61 Å². The number of benzene rings is 2. The van der Waals surface area contributed by atoms with Crippen molar-refractivity contribution >= 4 is 12.2 Å². The average Bonchev–Trinajstić information content (AvgIpc) is 2.90. The van der Waals surface area contributed by atoms with Crippen LogP contribution in [-0.4, -0.2) is 21.4 Å². The van der Waals surface area contributed by atoms with Crippen LogP contribution in [0.1, 0.15) is 18.3 Å². The first-order valence-electron chi connectivity index (χ1n) is 7.21. The lowest BCUT2D eigenvalue weighted by molar-refractivity contribution is 0.340. The summed E-state index contributed by atoms with van der Waals surface area (Å²) in [6.45, 7) is 2.63. The van der Waals surface area contributed by atoms with Gasteiger partial charge in [0.2, 0.25) is 0 Å². The largest absolute Gasteiger partial charge is 0.494 e. The molecule has 3 rings (SSSR count). The molecular weight excluding hydrogens is 294 g/mol. The molecule has 0 aliphatic heterocycles. The SMILES string of the molecule is CCOc1ccc(-n2c(Cc3ccccc3)n[nH]c2=S)cc1. The van der Waals surface area contributed by atoms with Gasteiger partial charge in [0.15, 0.2) is 4.77 Å². The molecule has 0 bridgehead atoms. The maximum atomic E-state index is 5.48. The van der Waals surface area contributed by atoms with Gasteiger partial charge >= 0.3 is 0 Å². The van der Waals surface area contributed by atoms with Crippen molar-refractivity contribution in [2.45, 2.75) is 13.3 Å². The first kappa shape index (κ1) is 14.5. The molecule has 22 heavy (non-hydrogen) atoms. The summed E-state index contributed by atoms with van der Waals surface area (Å²) in [6, 6.07) is 18.1. The van der Waals surface area contributed by atoms with Gasteiger partial charge in [-0.25, -0.2) is 0 Å². The van der Waals surface area contributed by atoms with Gasteiger partial charge in [-0.2, -0.15) is 5.10 Å². The number of ether oxygens (including phenoxy) is 1. The minimum absolute atomic E-state index is 0.593. The molecule has 0 unspecified atom stereocenters. The second-order valence-corrected chi connectivity index (χ2v) is 5.26. The lowest BCUT2D eigenvalue weighted by atomic mass is 10.1. The number of nitrogens with one attached hydrogen (secondary N) is 1. The Balaban J connectivity index is 1.93. The van der Waals surface area contributed by atoms with Gasteiger partial charge in [0.25, 0.3) is 0 Å². The van der Waals surface area contributed by atoms with Gasteiger partial charge in [0.05, 0.1) is 6.61 Å². The number of nitrogens with zero attached hydrogens (tertiary/aromatic N) is 2. The molecule has 0 fully saturated rings. The van der Waals surface area contributed by atoms with Crippen LogP contribution in [0, 0.1) is 4.77 Å². The van der Waals surface area contributed by atoms with Gasteiger partial charge in [0.1, 0.15) is 11.6 Å². The highest BCUT2D eigenvalue weighted by molar-refractivity contribution is 7.71. The van der Waals surface area contributed by atoms with Crippen molar-refractivity contribution in [2.24, 2.45) is 0 Å². The summed E-state index contributed by atoms with van der Waals surface area (Å²) in [5.41, 5.74) is 2.18. The number of aromatic nitrogens is 3. The third-order valence-electron chi connectivity index (χ3n) is 3.35. The van der Waals surface area contributed by atoms with E-state index in [1.54, 1.807) is 0 Å². The molecule has 0 radical (unpaired) electrons. The molecule has 3 aromatic rings. The standard InChI is InChI=1S/C17H17N3OS/c1-2-21-15-10-8-14(9-11-15)20-16(18-19-17(20)22)12-13-6-4-3-5-7-13/h3-11H,2,12H2,1H3,(H,19,22). The van der Waals surface area contributed by atoms with Crippen LogP contribution >= 0.6 is 12.2 Å². The zero-order chi connectivity index (χ0) is 15.4. The molecule has 0 aliphatic rings. The lowest BCUT2D eigenvalue weighted by Gasteiger charge is -2.08. The molecule has 4 nitrogen and oxygen atoms in total. The topological polar surface area (TPSA) is 42.8 Å². The van der Waals surface area contributed by atoms with Crippen LogP contribution in [0.4, 0.5) is 0 Å². The number of hydrogen-bond acceptors (Lipinski definition) is 3. The molecule has 1 N–H and O–H groups in total. The Hall–Kier alpha value is -2.40. The molecule has 0 saturated heterocycles. The molecule has 1 heterocycles. The molecule has 0 aliphatic carbocycles. The Morgan fingerprint density at radius 2 is 1.82 bits per heavy atom. The minimum atomic E-state index is 0.593. The first-order chi connectivity index (χ1) is 10.8. The Bertz CT molecular complexity index is 791. The molecule has 0 amide bonds. The number of aromatic amines is 1. The third-order valence-corrected chi connectivity index (χ3v) is 3.63. The lowest BCUT2D eigenvalue weighted by Crippen LogP contribution is -2.02. The Morgan fingerprint density at radius 1 is 1.09 bits per heavy atom. The second-order valence-electron chi connectivity index (χ2n) is 4.87. The van der Waals surface area contributed by atoms with Gasteiger partial charge in [-0.15, -0.1) is 0 Å². The van der Waals surface area contributed by atoms with E-state index >= 15 is 0 Å². The molecule has 0 saturated carbocycles. The zero-order valence-corrected chi connectivity index (χ0v) is 13.1. The summed E-state index contributed by atoms with van der Waals surface area (Å²) < 4.78 is 8.02. The molecule has 5 heteroatoms. The summed E-state index contributed by atoms with van der Waals surface area (Å²) in [5, 5.41) is 7.24. The second kappa shape index (κ2) is 6.58. The molecule has 0 spiro atoms. The van der Waals surface area contributed by atoms with E-state index in [-0.39, 0.29) is 0 Å². The summed E-state index contributed by atoms with van der Waals surface area (Å²) >= 11 is 5.37. The Labute approximate surface area is 134 Å². The molecule has 2 aromatic carbocycles. The van der Waals surface area contributed by atoms with Crippen LogP contribution in [0.25, 0.3) is 5.69 Å².